The number of ether oxygens (including phenoxy) is 2. The number of unbranched alkanes of at least 4 members (excludes halogenated alkanes) is 1. The van der Waals surface area contributed by atoms with Gasteiger partial charge in [0, 0.05) is 32.2 Å². The summed E-state index contributed by atoms with van der Waals surface area (Å²) in [4.78, 5) is 2.57. The van der Waals surface area contributed by atoms with Crippen LogP contribution in [0.25, 0.3) is 0 Å². The van der Waals surface area contributed by atoms with Crippen LogP contribution in [-0.2, 0) is 0 Å². The summed E-state index contributed by atoms with van der Waals surface area (Å²) in [6.07, 6.45) is 3.57. The Morgan fingerprint density at radius 1 is 1.14 bits per heavy atom. The van der Waals surface area contributed by atoms with Crippen molar-refractivity contribution in [1.29, 1.82) is 0 Å². The van der Waals surface area contributed by atoms with Crippen molar-refractivity contribution in [3.63, 3.8) is 0 Å². The molecule has 124 valence electrons. The molecule has 1 fully saturated rings. The van der Waals surface area contributed by atoms with E-state index in [0.29, 0.717) is 6.04 Å². The first-order chi connectivity index (χ1) is 10.7. The molecule has 1 aliphatic heterocycles. The van der Waals surface area contributed by atoms with E-state index in [1.54, 1.807) is 14.2 Å². The second-order valence-electron chi connectivity index (χ2n) is 6.03. The Labute approximate surface area is 134 Å². The average Bonchev–Trinajstić information content (AvgIpc) is 2.56. The molecular formula is C18H30N2O2. The van der Waals surface area contributed by atoms with Gasteiger partial charge in [-0.3, -0.25) is 4.90 Å². The molecule has 1 saturated heterocycles. The van der Waals surface area contributed by atoms with Crippen molar-refractivity contribution in [2.24, 2.45) is 0 Å². The van der Waals surface area contributed by atoms with Crippen LogP contribution >= 0.6 is 0 Å². The van der Waals surface area contributed by atoms with Crippen LogP contribution in [0.5, 0.6) is 11.5 Å². The van der Waals surface area contributed by atoms with Gasteiger partial charge in [0.05, 0.1) is 19.8 Å². The third-order valence-corrected chi connectivity index (χ3v) is 4.44. The summed E-state index contributed by atoms with van der Waals surface area (Å²) in [5.41, 5.74) is 2.39. The van der Waals surface area contributed by atoms with Crippen molar-refractivity contribution in [2.75, 3.05) is 40.4 Å². The first-order valence-corrected chi connectivity index (χ1v) is 8.38. The molecule has 1 N–H and O–H groups in total. The van der Waals surface area contributed by atoms with Crippen molar-refractivity contribution in [2.45, 2.75) is 39.2 Å². The van der Waals surface area contributed by atoms with Gasteiger partial charge >= 0.3 is 0 Å². The van der Waals surface area contributed by atoms with E-state index in [9.17, 15) is 0 Å². The summed E-state index contributed by atoms with van der Waals surface area (Å²) in [5, 5.41) is 3.44. The number of aryl methyl sites for hydroxylation is 1. The molecule has 4 nitrogen and oxygen atoms in total. The van der Waals surface area contributed by atoms with Gasteiger partial charge in [-0.15, -0.1) is 0 Å². The lowest BCUT2D eigenvalue weighted by molar-refractivity contribution is 0.157. The number of hydrogen-bond acceptors (Lipinski definition) is 4. The van der Waals surface area contributed by atoms with E-state index in [4.69, 9.17) is 9.47 Å². The van der Waals surface area contributed by atoms with Crippen LogP contribution in [0.3, 0.4) is 0 Å². The van der Waals surface area contributed by atoms with E-state index in [0.717, 1.165) is 44.1 Å². The predicted molar refractivity (Wildman–Crippen MR) is 91.0 cm³/mol. The molecule has 1 aliphatic rings. The maximum absolute atomic E-state index is 5.70. The molecule has 4 heteroatoms. The zero-order valence-corrected chi connectivity index (χ0v) is 14.4. The zero-order valence-electron chi connectivity index (χ0n) is 14.4. The molecule has 0 aliphatic carbocycles. The van der Waals surface area contributed by atoms with Gasteiger partial charge in [0.15, 0.2) is 0 Å². The van der Waals surface area contributed by atoms with E-state index >= 15 is 0 Å². The predicted octanol–water partition coefficient (Wildman–Crippen LogP) is 3.15. The molecule has 22 heavy (non-hydrogen) atoms. The fraction of sp³-hybridized carbons (Fsp3) is 0.667. The maximum atomic E-state index is 5.70. The second-order valence-corrected chi connectivity index (χ2v) is 6.03. The minimum Gasteiger partial charge on any atom is -0.496 e. The van der Waals surface area contributed by atoms with Crippen molar-refractivity contribution in [1.82, 2.24) is 10.2 Å². The van der Waals surface area contributed by atoms with Crippen LogP contribution in [0.15, 0.2) is 12.1 Å². The summed E-state index contributed by atoms with van der Waals surface area (Å²) in [7, 11) is 3.51. The number of nitrogens with one attached hydrogen (secondary N) is 1. The van der Waals surface area contributed by atoms with Gasteiger partial charge in [0.1, 0.15) is 11.5 Å². The van der Waals surface area contributed by atoms with Crippen LogP contribution in [-0.4, -0.2) is 45.3 Å². The van der Waals surface area contributed by atoms with Gasteiger partial charge in [0.25, 0.3) is 0 Å². The van der Waals surface area contributed by atoms with E-state index in [1.807, 2.05) is 0 Å². The Morgan fingerprint density at radius 3 is 2.23 bits per heavy atom. The molecule has 2 rings (SSSR count). The monoisotopic (exact) mass is 306 g/mol. The normalized spacial score (nSPS) is 17.3. The fourth-order valence-electron chi connectivity index (χ4n) is 3.30. The topological polar surface area (TPSA) is 33.7 Å². The number of nitrogens with zero attached hydrogens (tertiary/aromatic N) is 1. The Morgan fingerprint density at radius 2 is 1.73 bits per heavy atom. The van der Waals surface area contributed by atoms with Gasteiger partial charge in [-0.25, -0.2) is 0 Å². The summed E-state index contributed by atoms with van der Waals surface area (Å²) in [6, 6.07) is 4.62. The van der Waals surface area contributed by atoms with E-state index < -0.39 is 0 Å². The molecule has 0 amide bonds. The third kappa shape index (κ3) is 3.93. The molecule has 1 heterocycles. The van der Waals surface area contributed by atoms with Crippen LogP contribution in [0.4, 0.5) is 0 Å². The quantitative estimate of drug-likeness (QED) is 0.839. The molecule has 0 aromatic heterocycles. The van der Waals surface area contributed by atoms with Crippen LogP contribution in [0.2, 0.25) is 0 Å². The lowest BCUT2D eigenvalue weighted by Gasteiger charge is -2.36. The molecule has 0 spiro atoms. The minimum atomic E-state index is 0.368. The van der Waals surface area contributed by atoms with Gasteiger partial charge < -0.3 is 14.8 Å². The molecular weight excluding hydrogens is 276 g/mol. The van der Waals surface area contributed by atoms with E-state index in [2.05, 4.69) is 36.2 Å². The molecule has 0 unspecified atom stereocenters. The lowest BCUT2D eigenvalue weighted by atomic mass is 9.95. The minimum absolute atomic E-state index is 0.368. The largest absolute Gasteiger partial charge is 0.496 e. The Balaban J connectivity index is 2.40. The van der Waals surface area contributed by atoms with Crippen LogP contribution in [0.1, 0.15) is 43.4 Å². The second kappa shape index (κ2) is 8.39. The highest BCUT2D eigenvalue weighted by Crippen LogP contribution is 2.40. The summed E-state index contributed by atoms with van der Waals surface area (Å²) < 4.78 is 11.4. The van der Waals surface area contributed by atoms with Gasteiger partial charge in [-0.2, -0.15) is 0 Å². The Kier molecular flexibility index (Phi) is 6.52. The highest BCUT2D eigenvalue weighted by molar-refractivity contribution is 5.50. The smallest absolute Gasteiger partial charge is 0.127 e. The standard InChI is InChI=1S/C18H30N2O2/c1-5-6-7-15(20-10-8-19-9-11-20)18-16(21-3)12-14(2)13-17(18)22-4/h12-13,15,19H,5-11H2,1-4H3/t15-/m1/s1. The first kappa shape index (κ1) is 17.1. The fourth-order valence-corrected chi connectivity index (χ4v) is 3.30. The highest BCUT2D eigenvalue weighted by Gasteiger charge is 2.27. The Hall–Kier alpha value is -1.26. The summed E-state index contributed by atoms with van der Waals surface area (Å²) in [5.74, 6) is 1.91. The van der Waals surface area contributed by atoms with E-state index in [1.165, 1.54) is 24.0 Å². The molecule has 1 aromatic carbocycles. The van der Waals surface area contributed by atoms with Crippen molar-refractivity contribution in [3.05, 3.63) is 23.3 Å². The molecule has 0 radical (unpaired) electrons. The Bertz CT molecular complexity index is 445. The number of methoxy groups -OCH3 is 2. The van der Waals surface area contributed by atoms with Gasteiger partial charge in [-0.05, 0) is 31.0 Å². The average molecular weight is 306 g/mol. The molecule has 1 aromatic rings. The first-order valence-electron chi connectivity index (χ1n) is 8.38. The number of rotatable bonds is 7. The zero-order chi connectivity index (χ0) is 15.9. The summed E-state index contributed by atoms with van der Waals surface area (Å²) >= 11 is 0. The van der Waals surface area contributed by atoms with Crippen LogP contribution in [0, 0.1) is 6.92 Å². The van der Waals surface area contributed by atoms with Gasteiger partial charge in [-0.1, -0.05) is 19.8 Å². The van der Waals surface area contributed by atoms with Crippen molar-refractivity contribution in [3.8, 4) is 11.5 Å². The SMILES string of the molecule is CCCC[C@H](c1c(OC)cc(C)cc1OC)N1CCNCC1. The van der Waals surface area contributed by atoms with Crippen LogP contribution < -0.4 is 14.8 Å². The number of piperazine rings is 1. The van der Waals surface area contributed by atoms with Crippen molar-refractivity contribution >= 4 is 0 Å². The molecule has 0 bridgehead atoms. The van der Waals surface area contributed by atoms with Crippen molar-refractivity contribution < 1.29 is 9.47 Å². The van der Waals surface area contributed by atoms with Gasteiger partial charge in [0.2, 0.25) is 0 Å². The highest BCUT2D eigenvalue weighted by atomic mass is 16.5. The molecule has 0 saturated carbocycles. The number of benzene rings is 1. The number of hydrogen-bond donors (Lipinski definition) is 1. The molecule has 1 atom stereocenters. The third-order valence-electron chi connectivity index (χ3n) is 4.44. The van der Waals surface area contributed by atoms with E-state index in [-0.39, 0.29) is 0 Å². The summed E-state index contributed by atoms with van der Waals surface area (Å²) in [6.45, 7) is 8.60. The maximum Gasteiger partial charge on any atom is 0.127 e. The lowest BCUT2D eigenvalue weighted by Crippen LogP contribution is -2.45.